The summed E-state index contributed by atoms with van der Waals surface area (Å²) < 4.78 is 0. The number of hydrogen-bond donors (Lipinski definition) is 0. The van der Waals surface area contributed by atoms with E-state index in [0.717, 1.165) is 11.3 Å². The molecule has 18 heavy (non-hydrogen) atoms. The van der Waals surface area contributed by atoms with E-state index in [0.29, 0.717) is 0 Å². The van der Waals surface area contributed by atoms with Gasteiger partial charge < -0.3 is 4.90 Å². The van der Waals surface area contributed by atoms with Crippen LogP contribution < -0.4 is 4.90 Å². The highest BCUT2D eigenvalue weighted by molar-refractivity contribution is 6.00. The number of anilines is 1. The van der Waals surface area contributed by atoms with Crippen LogP contribution in [0.2, 0.25) is 0 Å². The Balaban J connectivity index is 2.18. The summed E-state index contributed by atoms with van der Waals surface area (Å²) >= 11 is 0. The van der Waals surface area contributed by atoms with Crippen LogP contribution in [0.1, 0.15) is 10.4 Å². The molecule has 0 spiro atoms. The van der Waals surface area contributed by atoms with E-state index in [1.54, 1.807) is 0 Å². The first-order valence-corrected chi connectivity index (χ1v) is 6.02. The van der Waals surface area contributed by atoms with Crippen LogP contribution in [0.25, 0.3) is 0 Å². The fourth-order valence-electron chi connectivity index (χ4n) is 1.85. The second-order valence-electron chi connectivity index (χ2n) is 4.49. The number of Topliss-reactive ketones (excluding diaryl/α,β-unsaturated/α-hetero) is 1. The van der Waals surface area contributed by atoms with Crippen molar-refractivity contribution in [2.45, 2.75) is 0 Å². The Morgan fingerprint density at radius 3 is 2.00 bits per heavy atom. The average molecular weight is 239 g/mol. The van der Waals surface area contributed by atoms with E-state index in [1.807, 2.05) is 79.7 Å². The summed E-state index contributed by atoms with van der Waals surface area (Å²) in [5, 5.41) is 0. The van der Waals surface area contributed by atoms with Crippen LogP contribution >= 0.6 is 0 Å². The molecule has 0 aliphatic heterocycles. The van der Waals surface area contributed by atoms with Gasteiger partial charge in [0.15, 0.2) is 5.78 Å². The molecular formula is C16H17NO. The van der Waals surface area contributed by atoms with E-state index < -0.39 is 0 Å². The van der Waals surface area contributed by atoms with Crippen LogP contribution in [0.3, 0.4) is 0 Å². The smallest absolute Gasteiger partial charge is 0.173 e. The highest BCUT2D eigenvalue weighted by Gasteiger charge is 2.14. The van der Waals surface area contributed by atoms with E-state index in [2.05, 4.69) is 0 Å². The third kappa shape index (κ3) is 2.77. The molecule has 0 saturated carbocycles. The Hall–Kier alpha value is -2.09. The van der Waals surface area contributed by atoms with Crippen molar-refractivity contribution in [2.24, 2.45) is 5.92 Å². The fraction of sp³-hybridized carbons (Fsp3) is 0.188. The summed E-state index contributed by atoms with van der Waals surface area (Å²) in [6, 6.07) is 7.71. The van der Waals surface area contributed by atoms with Gasteiger partial charge in [0, 0.05) is 25.3 Å². The molecule has 0 heterocycles. The standard InChI is InChI=1S/C16H17NO/c1-17(2)15-11-9-14(10-12-15)16(18)13-7-5-3-4-6-8-13/h3-13H,1-2H3. The van der Waals surface area contributed by atoms with Gasteiger partial charge in [-0.25, -0.2) is 0 Å². The normalized spacial score (nSPS) is 14.6. The van der Waals surface area contributed by atoms with E-state index in [4.69, 9.17) is 0 Å². The number of hydrogen-bond acceptors (Lipinski definition) is 2. The molecule has 1 aromatic carbocycles. The van der Waals surface area contributed by atoms with Gasteiger partial charge in [-0.05, 0) is 24.3 Å². The Morgan fingerprint density at radius 2 is 1.50 bits per heavy atom. The van der Waals surface area contributed by atoms with Crippen LogP contribution in [0.5, 0.6) is 0 Å². The maximum atomic E-state index is 12.3. The zero-order chi connectivity index (χ0) is 13.0. The fourth-order valence-corrected chi connectivity index (χ4v) is 1.85. The molecule has 92 valence electrons. The lowest BCUT2D eigenvalue weighted by Crippen LogP contribution is -2.11. The second-order valence-corrected chi connectivity index (χ2v) is 4.49. The van der Waals surface area contributed by atoms with Crippen LogP contribution in [0.15, 0.2) is 60.7 Å². The molecule has 0 N–H and O–H groups in total. The maximum absolute atomic E-state index is 12.3. The summed E-state index contributed by atoms with van der Waals surface area (Å²) in [6.07, 6.45) is 11.5. The number of nitrogens with zero attached hydrogens (tertiary/aromatic N) is 1. The molecule has 1 aliphatic carbocycles. The summed E-state index contributed by atoms with van der Waals surface area (Å²) in [7, 11) is 3.97. The minimum absolute atomic E-state index is 0.136. The highest BCUT2D eigenvalue weighted by Crippen LogP contribution is 2.17. The summed E-state index contributed by atoms with van der Waals surface area (Å²) in [5.41, 5.74) is 1.85. The average Bonchev–Trinajstić information content (AvgIpc) is 2.67. The first-order valence-electron chi connectivity index (χ1n) is 6.02. The van der Waals surface area contributed by atoms with Crippen molar-refractivity contribution >= 4 is 11.5 Å². The monoisotopic (exact) mass is 239 g/mol. The SMILES string of the molecule is CN(C)c1ccc(C(=O)C2C=CC=CC=C2)cc1. The van der Waals surface area contributed by atoms with Gasteiger partial charge in [-0.3, -0.25) is 4.79 Å². The molecule has 0 fully saturated rings. The second kappa shape index (κ2) is 5.50. The van der Waals surface area contributed by atoms with Crippen molar-refractivity contribution in [1.29, 1.82) is 0 Å². The molecule has 0 unspecified atom stereocenters. The quantitative estimate of drug-likeness (QED) is 0.755. The van der Waals surface area contributed by atoms with Crippen molar-refractivity contribution in [3.8, 4) is 0 Å². The van der Waals surface area contributed by atoms with Gasteiger partial charge in [-0.1, -0.05) is 36.5 Å². The van der Waals surface area contributed by atoms with E-state index in [-0.39, 0.29) is 11.7 Å². The number of rotatable bonds is 3. The van der Waals surface area contributed by atoms with Crippen molar-refractivity contribution < 1.29 is 4.79 Å². The minimum Gasteiger partial charge on any atom is -0.378 e. The zero-order valence-corrected chi connectivity index (χ0v) is 10.7. The van der Waals surface area contributed by atoms with Gasteiger partial charge in [0.1, 0.15) is 0 Å². The van der Waals surface area contributed by atoms with E-state index >= 15 is 0 Å². The third-order valence-electron chi connectivity index (χ3n) is 2.94. The van der Waals surface area contributed by atoms with Gasteiger partial charge in [0.2, 0.25) is 0 Å². The maximum Gasteiger partial charge on any atom is 0.173 e. The minimum atomic E-state index is -0.162. The molecule has 1 aliphatic rings. The third-order valence-corrected chi connectivity index (χ3v) is 2.94. The van der Waals surface area contributed by atoms with Gasteiger partial charge >= 0.3 is 0 Å². The Labute approximate surface area is 108 Å². The van der Waals surface area contributed by atoms with Crippen molar-refractivity contribution in [3.05, 3.63) is 66.3 Å². The number of carbonyl (C=O) groups excluding carboxylic acids is 1. The molecule has 1 aromatic rings. The molecule has 0 saturated heterocycles. The summed E-state index contributed by atoms with van der Waals surface area (Å²) in [6.45, 7) is 0. The number of ketones is 1. The first-order chi connectivity index (χ1) is 8.68. The molecule has 0 amide bonds. The first kappa shape index (κ1) is 12.4. The highest BCUT2D eigenvalue weighted by atomic mass is 16.1. The largest absolute Gasteiger partial charge is 0.378 e. The number of allylic oxidation sites excluding steroid dienone is 6. The molecule has 2 heteroatoms. The van der Waals surface area contributed by atoms with Gasteiger partial charge in [0.05, 0.1) is 5.92 Å². The topological polar surface area (TPSA) is 20.3 Å². The lowest BCUT2D eigenvalue weighted by molar-refractivity contribution is 0.0965. The Bertz CT molecular complexity index is 490. The molecular weight excluding hydrogens is 222 g/mol. The zero-order valence-electron chi connectivity index (χ0n) is 10.7. The van der Waals surface area contributed by atoms with Gasteiger partial charge in [-0.15, -0.1) is 0 Å². The lowest BCUT2D eigenvalue weighted by Gasteiger charge is -2.13. The summed E-state index contributed by atoms with van der Waals surface area (Å²) in [5.74, 6) is -0.0262. The van der Waals surface area contributed by atoms with Crippen molar-refractivity contribution in [1.82, 2.24) is 0 Å². The van der Waals surface area contributed by atoms with Crippen molar-refractivity contribution in [3.63, 3.8) is 0 Å². The lowest BCUT2D eigenvalue weighted by atomic mass is 9.97. The van der Waals surface area contributed by atoms with Gasteiger partial charge in [0.25, 0.3) is 0 Å². The molecule has 2 nitrogen and oxygen atoms in total. The van der Waals surface area contributed by atoms with Crippen LogP contribution in [0, 0.1) is 5.92 Å². The molecule has 0 radical (unpaired) electrons. The Kier molecular flexibility index (Phi) is 3.78. The van der Waals surface area contributed by atoms with Crippen LogP contribution in [-0.2, 0) is 0 Å². The predicted octanol–water partition coefficient (Wildman–Crippen LogP) is 3.23. The van der Waals surface area contributed by atoms with E-state index in [9.17, 15) is 4.79 Å². The van der Waals surface area contributed by atoms with Crippen LogP contribution in [0.4, 0.5) is 5.69 Å². The van der Waals surface area contributed by atoms with Crippen LogP contribution in [-0.4, -0.2) is 19.9 Å². The number of benzene rings is 1. The van der Waals surface area contributed by atoms with Crippen molar-refractivity contribution in [2.75, 3.05) is 19.0 Å². The molecule has 0 aromatic heterocycles. The molecule has 0 bridgehead atoms. The molecule has 2 rings (SSSR count). The number of carbonyl (C=O) groups is 1. The summed E-state index contributed by atoms with van der Waals surface area (Å²) in [4.78, 5) is 14.3. The Morgan fingerprint density at radius 1 is 0.944 bits per heavy atom. The van der Waals surface area contributed by atoms with Gasteiger partial charge in [-0.2, -0.15) is 0 Å². The van der Waals surface area contributed by atoms with E-state index in [1.165, 1.54) is 0 Å². The predicted molar refractivity (Wildman–Crippen MR) is 76.0 cm³/mol. The molecule has 0 atom stereocenters.